The molecule has 0 aliphatic carbocycles. The molecule has 10 heteroatoms. The molecule has 152 valence electrons. The molecule has 0 spiro atoms. The van der Waals surface area contributed by atoms with E-state index < -0.39 is 32.7 Å². The van der Waals surface area contributed by atoms with Crippen molar-refractivity contribution in [1.82, 2.24) is 0 Å². The monoisotopic (exact) mass is 423 g/mol. The molecule has 1 atom stereocenters. The fourth-order valence-corrected chi connectivity index (χ4v) is 3.89. The number of anilines is 1. The van der Waals surface area contributed by atoms with E-state index in [2.05, 4.69) is 15.3 Å². The second kappa shape index (κ2) is 7.32. The van der Waals surface area contributed by atoms with Crippen LogP contribution in [0.5, 0.6) is 5.75 Å². The maximum atomic E-state index is 12.7. The highest BCUT2D eigenvalue weighted by Gasteiger charge is 2.34. The van der Waals surface area contributed by atoms with E-state index in [1.54, 1.807) is 43.3 Å². The van der Waals surface area contributed by atoms with Gasteiger partial charge in [-0.2, -0.15) is 28.8 Å². The zero-order valence-electron chi connectivity index (χ0n) is 15.6. The van der Waals surface area contributed by atoms with Gasteiger partial charge in [-0.1, -0.05) is 48.2 Å². The van der Waals surface area contributed by atoms with Crippen molar-refractivity contribution in [3.63, 3.8) is 0 Å². The summed E-state index contributed by atoms with van der Waals surface area (Å²) in [6.45, 7) is 1.63. The molecule has 0 aromatic heterocycles. The number of hydrogen-bond donors (Lipinski definition) is 1. The first-order valence-corrected chi connectivity index (χ1v) is 10.3. The average Bonchev–Trinajstić information content (AvgIpc) is 3.00. The third-order valence-electron chi connectivity index (χ3n) is 4.59. The van der Waals surface area contributed by atoms with Crippen molar-refractivity contribution >= 4 is 43.9 Å². The van der Waals surface area contributed by atoms with Crippen LogP contribution in [0.2, 0.25) is 0 Å². The number of nitrogens with zero attached hydrogens (tertiary/aromatic N) is 4. The molecule has 1 N–H and O–H groups in total. The predicted octanol–water partition coefficient (Wildman–Crippen LogP) is 3.04. The molecule has 0 saturated carbocycles. The number of rotatable bonds is 4. The molecule has 30 heavy (non-hydrogen) atoms. The average molecular weight is 423 g/mol. The molecular formula is C20H15N4O5S-. The van der Waals surface area contributed by atoms with Gasteiger partial charge in [0.1, 0.15) is 4.90 Å². The highest BCUT2D eigenvalue weighted by molar-refractivity contribution is 7.86. The van der Waals surface area contributed by atoms with Gasteiger partial charge in [0.05, 0.1) is 17.1 Å². The van der Waals surface area contributed by atoms with Crippen molar-refractivity contribution in [2.45, 2.75) is 17.9 Å². The molecule has 0 radical (unpaired) electrons. The van der Waals surface area contributed by atoms with Crippen molar-refractivity contribution in [2.75, 3.05) is 5.01 Å². The molecule has 9 nitrogen and oxygen atoms in total. The Labute approximate surface area is 171 Å². The largest absolute Gasteiger partial charge is 0.871 e. The second-order valence-corrected chi connectivity index (χ2v) is 7.98. The summed E-state index contributed by atoms with van der Waals surface area (Å²) < 4.78 is 32.7. The van der Waals surface area contributed by atoms with Gasteiger partial charge in [-0.3, -0.25) is 9.35 Å². The fourth-order valence-electron chi connectivity index (χ4n) is 3.18. The lowest BCUT2D eigenvalue weighted by molar-refractivity contribution is -0.267. The molecule has 0 saturated heterocycles. The van der Waals surface area contributed by atoms with Crippen LogP contribution in [-0.4, -0.2) is 30.6 Å². The number of carbonyl (C=O) groups excluding carboxylic acids is 1. The number of hydrogen-bond acceptors (Lipinski definition) is 7. The molecule has 1 amide bonds. The van der Waals surface area contributed by atoms with Gasteiger partial charge in [-0.05, 0) is 25.1 Å². The number of amides is 1. The molecule has 3 aromatic rings. The lowest BCUT2D eigenvalue weighted by Crippen LogP contribution is -2.29. The Bertz CT molecular complexity index is 1320. The van der Waals surface area contributed by atoms with Crippen molar-refractivity contribution in [1.29, 1.82) is 0 Å². The van der Waals surface area contributed by atoms with Crippen LogP contribution in [0.25, 0.3) is 10.8 Å². The molecule has 1 unspecified atom stereocenters. The smallest absolute Gasteiger partial charge is 0.295 e. The first kappa shape index (κ1) is 19.7. The Hall–Kier alpha value is -3.63. The molecule has 0 bridgehead atoms. The number of azo groups is 1. The Kier molecular flexibility index (Phi) is 4.80. The molecule has 0 fully saturated rings. The Morgan fingerprint density at radius 1 is 1.07 bits per heavy atom. The standard InChI is InChI=1S/C20H16N4O5S/c1-12-18(20(26)24(23-12)13-7-3-2-4-8-13)21-22-19-15-10-6-5-9-14(15)17(11-16(19)25)30(27,28)29/h2-11,18,25H,1H3,(H,27,28,29)/p-1. The summed E-state index contributed by atoms with van der Waals surface area (Å²) in [6, 6.07) is 14.7. The van der Waals surface area contributed by atoms with Gasteiger partial charge in [0.2, 0.25) is 0 Å². The summed E-state index contributed by atoms with van der Waals surface area (Å²) in [6.07, 6.45) is 0. The van der Waals surface area contributed by atoms with E-state index in [1.165, 1.54) is 17.1 Å². The summed E-state index contributed by atoms with van der Waals surface area (Å²) in [5.41, 5.74) is 0.850. The second-order valence-electron chi connectivity index (χ2n) is 6.59. The minimum absolute atomic E-state index is 0.127. The van der Waals surface area contributed by atoms with Crippen LogP contribution < -0.4 is 10.1 Å². The highest BCUT2D eigenvalue weighted by Crippen LogP contribution is 2.38. The van der Waals surface area contributed by atoms with Gasteiger partial charge in [-0.25, -0.2) is 0 Å². The van der Waals surface area contributed by atoms with E-state index in [9.17, 15) is 22.9 Å². The Morgan fingerprint density at radius 3 is 2.37 bits per heavy atom. The van der Waals surface area contributed by atoms with Gasteiger partial charge < -0.3 is 5.11 Å². The van der Waals surface area contributed by atoms with Crippen molar-refractivity contribution in [3.05, 3.63) is 60.7 Å². The van der Waals surface area contributed by atoms with E-state index in [4.69, 9.17) is 0 Å². The molecule has 1 aliphatic heterocycles. The van der Waals surface area contributed by atoms with Crippen LogP contribution >= 0.6 is 0 Å². The minimum Gasteiger partial charge on any atom is -0.871 e. The van der Waals surface area contributed by atoms with Crippen LogP contribution in [0.3, 0.4) is 0 Å². The normalized spacial score (nSPS) is 17.1. The van der Waals surface area contributed by atoms with Gasteiger partial charge in [0.15, 0.2) is 6.04 Å². The number of benzene rings is 3. The predicted molar refractivity (Wildman–Crippen MR) is 109 cm³/mol. The Balaban J connectivity index is 1.74. The van der Waals surface area contributed by atoms with Crippen LogP contribution in [-0.2, 0) is 14.9 Å². The first-order chi connectivity index (χ1) is 14.3. The molecule has 4 rings (SSSR count). The van der Waals surface area contributed by atoms with Crippen LogP contribution in [0.4, 0.5) is 11.4 Å². The number of para-hydroxylation sites is 1. The zero-order chi connectivity index (χ0) is 21.5. The fraction of sp³-hybridized carbons (Fsp3) is 0.100. The third-order valence-corrected chi connectivity index (χ3v) is 5.48. The highest BCUT2D eigenvalue weighted by atomic mass is 32.2. The summed E-state index contributed by atoms with van der Waals surface area (Å²) >= 11 is 0. The summed E-state index contributed by atoms with van der Waals surface area (Å²) in [5, 5.41) is 26.3. The number of carbonyl (C=O) groups is 1. The maximum Gasteiger partial charge on any atom is 0.295 e. The van der Waals surface area contributed by atoms with Crippen molar-refractivity contribution < 1.29 is 22.9 Å². The van der Waals surface area contributed by atoms with Gasteiger partial charge >= 0.3 is 0 Å². The molecule has 1 aliphatic rings. The van der Waals surface area contributed by atoms with E-state index in [0.717, 1.165) is 6.07 Å². The van der Waals surface area contributed by atoms with E-state index in [-0.39, 0.29) is 16.5 Å². The minimum atomic E-state index is -4.61. The number of hydrazone groups is 1. The summed E-state index contributed by atoms with van der Waals surface area (Å²) in [5.74, 6) is -1.17. The molecule has 1 heterocycles. The molecule has 3 aromatic carbocycles. The van der Waals surface area contributed by atoms with Gasteiger partial charge in [0, 0.05) is 10.8 Å². The van der Waals surface area contributed by atoms with Crippen LogP contribution in [0.1, 0.15) is 6.92 Å². The molecular weight excluding hydrogens is 408 g/mol. The van der Waals surface area contributed by atoms with E-state index >= 15 is 0 Å². The lowest BCUT2D eigenvalue weighted by Gasteiger charge is -2.15. The summed E-state index contributed by atoms with van der Waals surface area (Å²) in [4.78, 5) is 12.2. The third kappa shape index (κ3) is 3.42. The van der Waals surface area contributed by atoms with E-state index in [0.29, 0.717) is 11.4 Å². The van der Waals surface area contributed by atoms with Crippen LogP contribution in [0, 0.1) is 0 Å². The summed E-state index contributed by atoms with van der Waals surface area (Å²) in [7, 11) is -4.61. The maximum absolute atomic E-state index is 12.7. The van der Waals surface area contributed by atoms with Crippen molar-refractivity contribution in [3.8, 4) is 5.75 Å². The zero-order valence-corrected chi connectivity index (χ0v) is 16.4. The van der Waals surface area contributed by atoms with Gasteiger partial charge in [-0.15, -0.1) is 0 Å². The van der Waals surface area contributed by atoms with E-state index in [1.807, 2.05) is 6.07 Å². The van der Waals surface area contributed by atoms with Gasteiger partial charge in [0.25, 0.3) is 16.0 Å². The quantitative estimate of drug-likeness (QED) is 0.508. The Morgan fingerprint density at radius 2 is 1.70 bits per heavy atom. The SMILES string of the molecule is CC1=NN(c2ccccc2)C(=O)C1N=Nc1c([O-])cc(S(=O)(=O)O)c2ccccc12. The number of fused-ring (bicyclic) bond motifs is 1. The lowest BCUT2D eigenvalue weighted by atomic mass is 10.1. The topological polar surface area (TPSA) is 135 Å². The van der Waals surface area contributed by atoms with Crippen molar-refractivity contribution in [2.24, 2.45) is 15.3 Å². The first-order valence-electron chi connectivity index (χ1n) is 8.82. The van der Waals surface area contributed by atoms with Crippen LogP contribution in [0.15, 0.2) is 80.9 Å².